The van der Waals surface area contributed by atoms with Gasteiger partial charge in [0, 0.05) is 24.2 Å². The number of amides is 2. The number of sulfonamides is 1. The summed E-state index contributed by atoms with van der Waals surface area (Å²) in [4.78, 5) is 32.0. The molecule has 1 saturated heterocycles. The molecule has 1 aliphatic rings. The fourth-order valence-electron chi connectivity index (χ4n) is 3.65. The molecule has 1 aromatic carbocycles. The van der Waals surface area contributed by atoms with E-state index in [-0.39, 0.29) is 27.1 Å². The highest BCUT2D eigenvalue weighted by Crippen LogP contribution is 2.37. The Balaban J connectivity index is 1.75. The Labute approximate surface area is 193 Å². The number of aliphatic hydroxyl groups excluding tert-OH is 1. The molecule has 0 aliphatic carbocycles. The van der Waals surface area contributed by atoms with Crippen molar-refractivity contribution in [1.29, 1.82) is 0 Å². The molecule has 174 valence electrons. The van der Waals surface area contributed by atoms with Gasteiger partial charge in [-0.15, -0.1) is 11.3 Å². The number of nitrogens with one attached hydrogen (secondary N) is 1. The van der Waals surface area contributed by atoms with Crippen LogP contribution < -0.4 is 26.8 Å². The number of nitrogens with zero attached hydrogens (tertiary/aromatic N) is 2. The molecule has 11 nitrogen and oxygen atoms in total. The van der Waals surface area contributed by atoms with Gasteiger partial charge in [0.25, 0.3) is 11.8 Å². The van der Waals surface area contributed by atoms with Crippen molar-refractivity contribution in [3.05, 3.63) is 40.8 Å². The Kier molecular flexibility index (Phi) is 5.97. The third kappa shape index (κ3) is 4.61. The van der Waals surface area contributed by atoms with Crippen LogP contribution in [0, 0.1) is 0 Å². The summed E-state index contributed by atoms with van der Waals surface area (Å²) in [6.07, 6.45) is 0.750. The Morgan fingerprint density at radius 1 is 1.18 bits per heavy atom. The van der Waals surface area contributed by atoms with E-state index in [9.17, 15) is 23.1 Å². The van der Waals surface area contributed by atoms with E-state index < -0.39 is 21.8 Å². The average Bonchev–Trinajstić information content (AvgIpc) is 3.10. The van der Waals surface area contributed by atoms with Crippen molar-refractivity contribution in [2.24, 2.45) is 10.9 Å². The Morgan fingerprint density at radius 2 is 1.82 bits per heavy atom. The van der Waals surface area contributed by atoms with Crippen molar-refractivity contribution >= 4 is 60.6 Å². The van der Waals surface area contributed by atoms with Gasteiger partial charge in [-0.25, -0.2) is 18.5 Å². The lowest BCUT2D eigenvalue weighted by atomic mass is 10.1. The fraction of sp³-hybridized carbons (Fsp3) is 0.250. The SMILES string of the molecule is NC(=O)c1sc2nc(N3CCC(O)CC3)cc(C(=O)Nc3ccc(S(N)(=O)=O)cc3)c2c1N. The summed E-state index contributed by atoms with van der Waals surface area (Å²) in [6.45, 7) is 1.11. The number of carbonyl (C=O) groups is 2. The third-order valence-electron chi connectivity index (χ3n) is 5.38. The number of anilines is 3. The molecule has 3 heterocycles. The largest absolute Gasteiger partial charge is 0.397 e. The van der Waals surface area contributed by atoms with Crippen LogP contribution in [0.15, 0.2) is 35.2 Å². The van der Waals surface area contributed by atoms with Gasteiger partial charge in [0.05, 0.1) is 22.3 Å². The number of primary sulfonamides is 1. The van der Waals surface area contributed by atoms with Gasteiger partial charge in [-0.1, -0.05) is 0 Å². The summed E-state index contributed by atoms with van der Waals surface area (Å²) < 4.78 is 22.9. The number of pyridine rings is 1. The minimum atomic E-state index is -3.87. The van der Waals surface area contributed by atoms with Gasteiger partial charge < -0.3 is 26.8 Å². The van der Waals surface area contributed by atoms with Crippen molar-refractivity contribution in [1.82, 2.24) is 4.98 Å². The average molecular weight is 491 g/mol. The van der Waals surface area contributed by atoms with Crippen LogP contribution >= 0.6 is 11.3 Å². The number of nitrogen functional groups attached to an aromatic ring is 1. The smallest absolute Gasteiger partial charge is 0.260 e. The third-order valence-corrected chi connectivity index (χ3v) is 7.43. The second-order valence-electron chi connectivity index (χ2n) is 7.66. The monoisotopic (exact) mass is 490 g/mol. The summed E-state index contributed by atoms with van der Waals surface area (Å²) >= 11 is 1.01. The van der Waals surface area contributed by atoms with Crippen LogP contribution in [0.1, 0.15) is 32.9 Å². The number of nitrogens with two attached hydrogens (primary N) is 3. The molecule has 0 radical (unpaired) electrons. The van der Waals surface area contributed by atoms with E-state index in [4.69, 9.17) is 16.6 Å². The van der Waals surface area contributed by atoms with Gasteiger partial charge in [-0.3, -0.25) is 9.59 Å². The summed E-state index contributed by atoms with van der Waals surface area (Å²) in [6, 6.07) is 6.97. The molecule has 13 heteroatoms. The first-order valence-electron chi connectivity index (χ1n) is 9.94. The van der Waals surface area contributed by atoms with E-state index in [2.05, 4.69) is 10.3 Å². The lowest BCUT2D eigenvalue weighted by molar-refractivity contribution is 0.100. The van der Waals surface area contributed by atoms with E-state index >= 15 is 0 Å². The molecule has 0 bridgehead atoms. The number of hydrogen-bond acceptors (Lipinski definition) is 9. The number of primary amides is 1. The number of benzene rings is 1. The number of hydrogen-bond donors (Lipinski definition) is 5. The molecule has 33 heavy (non-hydrogen) atoms. The number of aliphatic hydroxyl groups is 1. The van der Waals surface area contributed by atoms with Crippen molar-refractivity contribution in [3.63, 3.8) is 0 Å². The van der Waals surface area contributed by atoms with Gasteiger partial charge in [-0.05, 0) is 43.2 Å². The number of thiophene rings is 1. The quantitative estimate of drug-likeness (QED) is 0.347. The highest BCUT2D eigenvalue weighted by molar-refractivity contribution is 7.89. The number of rotatable bonds is 5. The summed E-state index contributed by atoms with van der Waals surface area (Å²) in [5.74, 6) is -0.728. The van der Waals surface area contributed by atoms with Crippen LogP contribution in [0.4, 0.5) is 17.2 Å². The minimum absolute atomic E-state index is 0.0744. The molecule has 1 aliphatic heterocycles. The predicted molar refractivity (Wildman–Crippen MR) is 126 cm³/mol. The normalized spacial score (nSPS) is 15.0. The first kappa shape index (κ1) is 22.9. The molecule has 4 rings (SSSR count). The molecule has 1 fully saturated rings. The van der Waals surface area contributed by atoms with Crippen LogP contribution in [0.25, 0.3) is 10.2 Å². The van der Waals surface area contributed by atoms with Gasteiger partial charge in [0.15, 0.2) is 0 Å². The van der Waals surface area contributed by atoms with Gasteiger partial charge in [0.2, 0.25) is 10.0 Å². The number of piperidine rings is 1. The molecule has 2 amide bonds. The predicted octanol–water partition coefficient (Wildman–Crippen LogP) is 0.838. The molecular formula is C20H22N6O5S2. The molecule has 0 atom stereocenters. The topological polar surface area (TPSA) is 195 Å². The summed E-state index contributed by atoms with van der Waals surface area (Å²) in [5.41, 5.74) is 12.2. The van der Waals surface area contributed by atoms with Crippen molar-refractivity contribution in [2.45, 2.75) is 23.8 Å². The van der Waals surface area contributed by atoms with E-state index in [1.165, 1.54) is 24.3 Å². The molecule has 3 aromatic rings. The zero-order valence-electron chi connectivity index (χ0n) is 17.3. The van der Waals surface area contributed by atoms with Crippen LogP contribution in [0.2, 0.25) is 0 Å². The van der Waals surface area contributed by atoms with Crippen LogP contribution in [-0.4, -0.2) is 49.5 Å². The number of aromatic nitrogens is 1. The second kappa shape index (κ2) is 8.59. The van der Waals surface area contributed by atoms with E-state index in [1.807, 2.05) is 4.90 Å². The summed E-state index contributed by atoms with van der Waals surface area (Å²) in [5, 5.41) is 17.9. The second-order valence-corrected chi connectivity index (χ2v) is 10.2. The molecule has 0 unspecified atom stereocenters. The maximum absolute atomic E-state index is 13.2. The van der Waals surface area contributed by atoms with Gasteiger partial charge >= 0.3 is 0 Å². The Hall–Kier alpha value is -3.26. The number of fused-ring (bicyclic) bond motifs is 1. The van der Waals surface area contributed by atoms with Crippen LogP contribution in [0.5, 0.6) is 0 Å². The van der Waals surface area contributed by atoms with Crippen molar-refractivity contribution < 1.29 is 23.1 Å². The standard InChI is InChI=1S/C20H22N6O5S2/c21-16-15-13(19(29)24-10-1-3-12(4-2-10)33(23,30)31)9-14(26-7-5-11(27)6-8-26)25-20(15)32-17(16)18(22)28/h1-4,9,11,27H,5-8,21H2,(H2,22,28)(H,24,29)(H2,23,30,31). The highest BCUT2D eigenvalue weighted by atomic mass is 32.2. The van der Waals surface area contributed by atoms with Crippen molar-refractivity contribution in [3.8, 4) is 0 Å². The highest BCUT2D eigenvalue weighted by Gasteiger charge is 2.25. The molecule has 2 aromatic heterocycles. The fourth-order valence-corrected chi connectivity index (χ4v) is 5.14. The zero-order valence-corrected chi connectivity index (χ0v) is 18.9. The molecule has 0 spiro atoms. The summed E-state index contributed by atoms with van der Waals surface area (Å²) in [7, 11) is -3.87. The van der Waals surface area contributed by atoms with E-state index in [0.29, 0.717) is 47.7 Å². The molecule has 0 saturated carbocycles. The maximum Gasteiger partial charge on any atom is 0.260 e. The van der Waals surface area contributed by atoms with E-state index in [0.717, 1.165) is 11.3 Å². The zero-order chi connectivity index (χ0) is 23.9. The molecule has 8 N–H and O–H groups in total. The van der Waals surface area contributed by atoms with Gasteiger partial charge in [-0.2, -0.15) is 0 Å². The Morgan fingerprint density at radius 3 is 2.39 bits per heavy atom. The molecular weight excluding hydrogens is 468 g/mol. The van der Waals surface area contributed by atoms with Crippen LogP contribution in [0.3, 0.4) is 0 Å². The maximum atomic E-state index is 13.2. The minimum Gasteiger partial charge on any atom is -0.397 e. The number of carbonyl (C=O) groups excluding carboxylic acids is 2. The lowest BCUT2D eigenvalue weighted by Gasteiger charge is -2.30. The first-order valence-corrected chi connectivity index (χ1v) is 12.3. The van der Waals surface area contributed by atoms with Crippen molar-refractivity contribution in [2.75, 3.05) is 29.0 Å². The Bertz CT molecular complexity index is 1350. The van der Waals surface area contributed by atoms with Gasteiger partial charge in [0.1, 0.15) is 15.5 Å². The van der Waals surface area contributed by atoms with E-state index in [1.54, 1.807) is 6.07 Å². The van der Waals surface area contributed by atoms with Crippen LogP contribution in [-0.2, 0) is 10.0 Å². The lowest BCUT2D eigenvalue weighted by Crippen LogP contribution is -2.36. The first-order chi connectivity index (χ1) is 15.5.